The topological polar surface area (TPSA) is 87.3 Å². The molecule has 0 amide bonds. The summed E-state index contributed by atoms with van der Waals surface area (Å²) < 4.78 is 11.4. The minimum atomic E-state index is -0.501. The number of nitrogens with two attached hydrogens (primary N) is 1. The number of benzene rings is 1. The number of nitrogen functional groups attached to an aromatic ring is 1. The van der Waals surface area contributed by atoms with Crippen LogP contribution in [0, 0.1) is 0 Å². The van der Waals surface area contributed by atoms with E-state index in [1.165, 1.54) is 0 Å². The largest absolute Gasteiger partial charge is 0.497 e. The lowest BCUT2D eigenvalue weighted by molar-refractivity contribution is -0.114. The van der Waals surface area contributed by atoms with Gasteiger partial charge in [-0.1, -0.05) is 18.0 Å². The van der Waals surface area contributed by atoms with Crippen molar-refractivity contribution >= 4 is 34.0 Å². The summed E-state index contributed by atoms with van der Waals surface area (Å²) in [6.45, 7) is 3.34. The predicted octanol–water partition coefficient (Wildman–Crippen LogP) is 5.53. The van der Waals surface area contributed by atoms with Crippen molar-refractivity contribution in [3.8, 4) is 11.6 Å². The van der Waals surface area contributed by atoms with Crippen LogP contribution in [0.2, 0.25) is 5.15 Å². The molecule has 0 radical (unpaired) electrons. The number of hydrogen-bond donors (Lipinski definition) is 1. The predicted molar refractivity (Wildman–Crippen MR) is 129 cm³/mol. The smallest absolute Gasteiger partial charge is 0.225 e. The van der Waals surface area contributed by atoms with E-state index in [2.05, 4.69) is 4.98 Å². The molecule has 2 aliphatic rings. The lowest BCUT2D eigenvalue weighted by atomic mass is 9.80. The van der Waals surface area contributed by atoms with Gasteiger partial charge in [0.15, 0.2) is 5.78 Å². The number of carbonyl (C=O) groups excluding carboxylic acids is 1. The number of halogens is 1. The second kappa shape index (κ2) is 8.34. The minimum Gasteiger partial charge on any atom is -0.497 e. The van der Waals surface area contributed by atoms with Gasteiger partial charge in [0.05, 0.1) is 24.1 Å². The van der Waals surface area contributed by atoms with Crippen LogP contribution in [-0.4, -0.2) is 22.9 Å². The molecule has 7 heteroatoms. The van der Waals surface area contributed by atoms with Crippen molar-refractivity contribution < 1.29 is 14.3 Å². The van der Waals surface area contributed by atoms with Crippen LogP contribution >= 0.6 is 11.6 Å². The van der Waals surface area contributed by atoms with Gasteiger partial charge in [-0.2, -0.15) is 0 Å². The molecule has 0 bridgehead atoms. The van der Waals surface area contributed by atoms with Crippen LogP contribution in [0.5, 0.6) is 11.6 Å². The van der Waals surface area contributed by atoms with Crippen molar-refractivity contribution in [2.45, 2.75) is 51.9 Å². The maximum Gasteiger partial charge on any atom is 0.225 e. The summed E-state index contributed by atoms with van der Waals surface area (Å²) >= 11 is 6.75. The van der Waals surface area contributed by atoms with Gasteiger partial charge >= 0.3 is 0 Å². The standard InChI is InChI=1S/C26H26ClN3O3/c1-13(31)21-14(2)33-26-23(24(28)17-7-5-4-6-8-19(17)30-26)22(21)18-11-15-9-10-16(32-3)12-20(15)29-25(18)27/h9-12,22H,4-8H2,1-3H3,(H2,28,30). The first-order chi connectivity index (χ1) is 15.9. The number of pyridine rings is 2. The number of Topliss-reactive ketones (excluding diaryl/α,β-unsaturated/α-hetero) is 1. The number of nitrogens with zero attached hydrogens (tertiary/aromatic N) is 2. The van der Waals surface area contributed by atoms with Crippen LogP contribution in [-0.2, 0) is 17.6 Å². The Kier molecular flexibility index (Phi) is 5.49. The highest BCUT2D eigenvalue weighted by Gasteiger charge is 2.38. The fourth-order valence-corrected chi connectivity index (χ4v) is 5.33. The molecule has 170 valence electrons. The Balaban J connectivity index is 1.78. The van der Waals surface area contributed by atoms with Gasteiger partial charge in [0.1, 0.15) is 16.7 Å². The van der Waals surface area contributed by atoms with E-state index in [1.54, 1.807) is 21.0 Å². The van der Waals surface area contributed by atoms with Gasteiger partial charge in [-0.3, -0.25) is 4.79 Å². The van der Waals surface area contributed by atoms with E-state index in [0.29, 0.717) is 50.4 Å². The highest BCUT2D eigenvalue weighted by molar-refractivity contribution is 6.31. The molecule has 1 unspecified atom stereocenters. The number of ether oxygens (including phenoxy) is 2. The zero-order valence-corrected chi connectivity index (χ0v) is 19.8. The van der Waals surface area contributed by atoms with E-state index in [4.69, 9.17) is 31.8 Å². The minimum absolute atomic E-state index is 0.0941. The van der Waals surface area contributed by atoms with E-state index in [0.717, 1.165) is 48.7 Å². The third-order valence-electron chi connectivity index (χ3n) is 6.67. The van der Waals surface area contributed by atoms with Gasteiger partial charge in [-0.15, -0.1) is 0 Å². The first kappa shape index (κ1) is 21.7. The maximum absolute atomic E-state index is 12.8. The summed E-state index contributed by atoms with van der Waals surface area (Å²) in [6, 6.07) is 7.63. The number of allylic oxidation sites excluding steroid dienone is 2. The lowest BCUT2D eigenvalue weighted by Gasteiger charge is -2.31. The Hall–Kier alpha value is -3.12. The van der Waals surface area contributed by atoms with Gasteiger partial charge in [0.2, 0.25) is 5.88 Å². The first-order valence-electron chi connectivity index (χ1n) is 11.2. The summed E-state index contributed by atoms with van der Waals surface area (Å²) in [4.78, 5) is 22.4. The second-order valence-electron chi connectivity index (χ2n) is 8.72. The monoisotopic (exact) mass is 463 g/mol. The molecule has 3 aromatic rings. The van der Waals surface area contributed by atoms with Crippen molar-refractivity contribution in [1.29, 1.82) is 0 Å². The molecule has 2 aromatic heterocycles. The van der Waals surface area contributed by atoms with E-state index in [-0.39, 0.29) is 5.78 Å². The van der Waals surface area contributed by atoms with Crippen LogP contribution < -0.4 is 15.2 Å². The second-order valence-corrected chi connectivity index (χ2v) is 9.08. The van der Waals surface area contributed by atoms with Crippen molar-refractivity contribution in [3.63, 3.8) is 0 Å². The van der Waals surface area contributed by atoms with Crippen LogP contribution in [0.1, 0.15) is 61.4 Å². The molecule has 0 saturated heterocycles. The van der Waals surface area contributed by atoms with E-state index in [9.17, 15) is 4.79 Å². The molecule has 1 aliphatic heterocycles. The van der Waals surface area contributed by atoms with Crippen LogP contribution in [0.15, 0.2) is 35.6 Å². The Morgan fingerprint density at radius 1 is 1.18 bits per heavy atom. The SMILES string of the molecule is COc1ccc2cc(C3C(C(C)=O)=C(C)Oc4nc5c(c(N)c43)CCCCC5)c(Cl)nc2c1. The normalized spacial score (nSPS) is 17.8. The Bertz CT molecular complexity index is 1330. The molecule has 0 fully saturated rings. The molecule has 1 aromatic carbocycles. The summed E-state index contributed by atoms with van der Waals surface area (Å²) in [7, 11) is 1.61. The molecule has 33 heavy (non-hydrogen) atoms. The molecule has 0 spiro atoms. The molecule has 2 N–H and O–H groups in total. The Morgan fingerprint density at radius 3 is 2.73 bits per heavy atom. The molecule has 6 nitrogen and oxygen atoms in total. The fourth-order valence-electron chi connectivity index (χ4n) is 5.08. The van der Waals surface area contributed by atoms with Crippen molar-refractivity contribution in [2.24, 2.45) is 0 Å². The number of ketones is 1. The third-order valence-corrected chi connectivity index (χ3v) is 6.98. The molecule has 1 atom stereocenters. The number of anilines is 1. The summed E-state index contributed by atoms with van der Waals surface area (Å²) in [5.41, 5.74) is 12.2. The molecular weight excluding hydrogens is 438 g/mol. The molecular formula is C26H26ClN3O3. The van der Waals surface area contributed by atoms with Crippen molar-refractivity contribution in [1.82, 2.24) is 9.97 Å². The summed E-state index contributed by atoms with van der Waals surface area (Å²) in [5, 5.41) is 1.21. The third kappa shape index (κ3) is 3.62. The first-order valence-corrected chi connectivity index (χ1v) is 11.6. The molecule has 0 saturated carbocycles. The zero-order chi connectivity index (χ0) is 23.3. The number of aryl methyl sites for hydroxylation is 1. The lowest BCUT2D eigenvalue weighted by Crippen LogP contribution is -2.24. The molecule has 3 heterocycles. The quantitative estimate of drug-likeness (QED) is 0.406. The zero-order valence-electron chi connectivity index (χ0n) is 19.0. The highest BCUT2D eigenvalue weighted by Crippen LogP contribution is 2.49. The van der Waals surface area contributed by atoms with Gasteiger partial charge < -0.3 is 15.2 Å². The number of methoxy groups -OCH3 is 1. The summed E-state index contributed by atoms with van der Waals surface area (Å²) in [6.07, 6.45) is 5.04. The van der Waals surface area contributed by atoms with Gasteiger partial charge in [-0.05, 0) is 63.3 Å². The van der Waals surface area contributed by atoms with Gasteiger partial charge in [-0.25, -0.2) is 9.97 Å². The van der Waals surface area contributed by atoms with E-state index >= 15 is 0 Å². The van der Waals surface area contributed by atoms with E-state index in [1.807, 2.05) is 24.3 Å². The fraction of sp³-hybridized carbons (Fsp3) is 0.346. The van der Waals surface area contributed by atoms with Crippen molar-refractivity contribution in [3.05, 3.63) is 63.1 Å². The van der Waals surface area contributed by atoms with Gasteiger partial charge in [0.25, 0.3) is 0 Å². The van der Waals surface area contributed by atoms with Crippen LogP contribution in [0.4, 0.5) is 5.69 Å². The Morgan fingerprint density at radius 2 is 1.97 bits per heavy atom. The maximum atomic E-state index is 12.8. The average Bonchev–Trinajstić information content (AvgIpc) is 3.03. The number of rotatable bonds is 3. The van der Waals surface area contributed by atoms with E-state index < -0.39 is 5.92 Å². The summed E-state index contributed by atoms with van der Waals surface area (Å²) in [5.74, 6) is 1.09. The number of aromatic nitrogens is 2. The van der Waals surface area contributed by atoms with Crippen molar-refractivity contribution in [2.75, 3.05) is 12.8 Å². The van der Waals surface area contributed by atoms with Gasteiger partial charge in [0, 0.05) is 34.0 Å². The van der Waals surface area contributed by atoms with Crippen LogP contribution in [0.3, 0.4) is 0 Å². The number of carbonyl (C=O) groups is 1. The average molecular weight is 464 g/mol. The number of hydrogen-bond acceptors (Lipinski definition) is 6. The molecule has 1 aliphatic carbocycles. The number of fused-ring (bicyclic) bond motifs is 3. The molecule has 5 rings (SSSR count). The van der Waals surface area contributed by atoms with Crippen LogP contribution in [0.25, 0.3) is 10.9 Å². The Labute approximate surface area is 197 Å². The highest BCUT2D eigenvalue weighted by atomic mass is 35.5.